The van der Waals surface area contributed by atoms with E-state index in [1.54, 1.807) is 36.8 Å². The van der Waals surface area contributed by atoms with Crippen molar-refractivity contribution in [3.8, 4) is 0 Å². The quantitative estimate of drug-likeness (QED) is 0.839. The number of nitrogens with one attached hydrogen (secondary N) is 1. The van der Waals surface area contributed by atoms with Crippen LogP contribution in [0.15, 0.2) is 48.9 Å². The smallest absolute Gasteiger partial charge is 0.168 e. The first-order valence-electron chi connectivity index (χ1n) is 6.22. The highest BCUT2D eigenvalue weighted by Crippen LogP contribution is 1.99. The van der Waals surface area contributed by atoms with Gasteiger partial charge in [0.05, 0.1) is 0 Å². The molecule has 0 aliphatic heterocycles. The van der Waals surface area contributed by atoms with Gasteiger partial charge < -0.3 is 5.32 Å². The molecule has 0 unspecified atom stereocenters. The monoisotopic (exact) mass is 259 g/mol. The fourth-order valence-corrected chi connectivity index (χ4v) is 0.964. The van der Waals surface area contributed by atoms with E-state index in [1.165, 1.54) is 6.42 Å². The van der Waals surface area contributed by atoms with E-state index >= 15 is 0 Å². The number of aromatic nitrogens is 2. The molecule has 0 amide bonds. The topological polar surface area (TPSA) is 54.9 Å². The lowest BCUT2D eigenvalue weighted by Crippen LogP contribution is -1.85. The third-order valence-corrected chi connectivity index (χ3v) is 1.78. The summed E-state index contributed by atoms with van der Waals surface area (Å²) in [5.74, 6) is 0. The van der Waals surface area contributed by atoms with E-state index in [1.807, 2.05) is 19.2 Å². The molecule has 102 valence electrons. The second-order valence-corrected chi connectivity index (χ2v) is 3.57. The number of rotatable bonds is 2. The van der Waals surface area contributed by atoms with Gasteiger partial charge in [-0.25, -0.2) is 0 Å². The Bertz CT molecular complexity index is 418. The minimum Gasteiger partial charge on any atom is -0.388 e. The molecule has 4 nitrogen and oxygen atoms in total. The average Bonchev–Trinajstić information content (AvgIpc) is 2.50. The Morgan fingerprint density at radius 3 is 2.05 bits per heavy atom. The summed E-state index contributed by atoms with van der Waals surface area (Å²) >= 11 is 0. The van der Waals surface area contributed by atoms with Crippen molar-refractivity contribution in [3.63, 3.8) is 0 Å². The first kappa shape index (κ1) is 16.8. The van der Waals surface area contributed by atoms with Crippen molar-refractivity contribution in [2.45, 2.75) is 20.3 Å². The summed E-state index contributed by atoms with van der Waals surface area (Å²) in [7, 11) is 1.88. The van der Waals surface area contributed by atoms with Crippen LogP contribution in [-0.2, 0) is 0 Å². The highest BCUT2D eigenvalue weighted by atomic mass is 16.1. The van der Waals surface area contributed by atoms with E-state index in [0.717, 1.165) is 12.0 Å². The van der Waals surface area contributed by atoms with Crippen LogP contribution in [0.4, 0.5) is 5.69 Å². The molecule has 0 bridgehead atoms. The Hall–Kier alpha value is -2.23. The predicted octanol–water partition coefficient (Wildman–Crippen LogP) is 3.43. The number of nitrogens with zero attached hydrogens (tertiary/aromatic N) is 2. The minimum absolute atomic E-state index is 0.479. The number of pyridine rings is 2. The van der Waals surface area contributed by atoms with Gasteiger partial charge in [-0.1, -0.05) is 26.3 Å². The number of carbonyl (C=O) groups is 1. The summed E-state index contributed by atoms with van der Waals surface area (Å²) in [6.45, 7) is 4.25. The summed E-state index contributed by atoms with van der Waals surface area (Å²) in [5, 5.41) is 2.99. The molecule has 1 N–H and O–H groups in total. The average molecular weight is 259 g/mol. The van der Waals surface area contributed by atoms with E-state index < -0.39 is 0 Å². The van der Waals surface area contributed by atoms with E-state index in [0.29, 0.717) is 5.69 Å². The van der Waals surface area contributed by atoms with Crippen molar-refractivity contribution in [1.29, 1.82) is 0 Å². The number of aldehydes is 1. The molecule has 4 heteroatoms. The molecule has 19 heavy (non-hydrogen) atoms. The highest BCUT2D eigenvalue weighted by molar-refractivity contribution is 5.71. The van der Waals surface area contributed by atoms with Crippen LogP contribution in [0.5, 0.6) is 0 Å². The Morgan fingerprint density at radius 2 is 1.74 bits per heavy atom. The lowest BCUT2D eigenvalue weighted by molar-refractivity contribution is 0.111. The standard InChI is InChI=1S/C6H8N2.C6H5NO.C3H8/c1-7-6-2-4-8-5-3-6;8-5-6-3-1-2-4-7-6;1-3-2/h2-5H,1H3,(H,7,8);1-5H;3H2,1-2H3. The largest absolute Gasteiger partial charge is 0.388 e. The Kier molecular flexibility index (Phi) is 10.8. The van der Waals surface area contributed by atoms with E-state index in [4.69, 9.17) is 0 Å². The molecule has 0 fully saturated rings. The Labute approximate surface area is 114 Å². The zero-order chi connectivity index (χ0) is 14.3. The van der Waals surface area contributed by atoms with Gasteiger partial charge in [0.15, 0.2) is 6.29 Å². The molecule has 0 saturated carbocycles. The first-order valence-corrected chi connectivity index (χ1v) is 6.22. The number of carbonyl (C=O) groups excluding carboxylic acids is 1. The zero-order valence-corrected chi connectivity index (χ0v) is 11.7. The maximum atomic E-state index is 9.94. The van der Waals surface area contributed by atoms with Gasteiger partial charge in [0.1, 0.15) is 5.69 Å². The van der Waals surface area contributed by atoms with Crippen molar-refractivity contribution in [2.24, 2.45) is 0 Å². The number of anilines is 1. The molecular weight excluding hydrogens is 238 g/mol. The van der Waals surface area contributed by atoms with Crippen LogP contribution in [0, 0.1) is 0 Å². The van der Waals surface area contributed by atoms with Crippen LogP contribution in [-0.4, -0.2) is 23.3 Å². The Morgan fingerprint density at radius 1 is 1.11 bits per heavy atom. The molecule has 0 saturated heterocycles. The van der Waals surface area contributed by atoms with Gasteiger partial charge in [0, 0.05) is 31.3 Å². The summed E-state index contributed by atoms with van der Waals surface area (Å²) in [5.41, 5.74) is 1.58. The fourth-order valence-electron chi connectivity index (χ4n) is 0.964. The van der Waals surface area contributed by atoms with Crippen LogP contribution in [0.1, 0.15) is 30.8 Å². The van der Waals surface area contributed by atoms with Crippen molar-refractivity contribution in [1.82, 2.24) is 9.97 Å². The highest BCUT2D eigenvalue weighted by Gasteiger charge is 1.81. The van der Waals surface area contributed by atoms with Crippen LogP contribution >= 0.6 is 0 Å². The second kappa shape index (κ2) is 12.2. The van der Waals surface area contributed by atoms with Crippen molar-refractivity contribution < 1.29 is 4.79 Å². The van der Waals surface area contributed by atoms with Gasteiger partial charge in [0.25, 0.3) is 0 Å². The lowest BCUT2D eigenvalue weighted by Gasteiger charge is -1.93. The molecule has 2 aromatic rings. The summed E-state index contributed by atoms with van der Waals surface area (Å²) in [6.07, 6.45) is 7.07. The third kappa shape index (κ3) is 9.47. The predicted molar refractivity (Wildman–Crippen MR) is 79.4 cm³/mol. The summed E-state index contributed by atoms with van der Waals surface area (Å²) < 4.78 is 0. The Balaban J connectivity index is 0.000000284. The van der Waals surface area contributed by atoms with Gasteiger partial charge in [-0.3, -0.25) is 14.8 Å². The van der Waals surface area contributed by atoms with Crippen LogP contribution in [0.25, 0.3) is 0 Å². The van der Waals surface area contributed by atoms with Crippen LogP contribution in [0.3, 0.4) is 0 Å². The lowest BCUT2D eigenvalue weighted by atomic mass is 10.4. The van der Waals surface area contributed by atoms with E-state index in [2.05, 4.69) is 29.1 Å². The van der Waals surface area contributed by atoms with Gasteiger partial charge in [-0.15, -0.1) is 0 Å². The van der Waals surface area contributed by atoms with Crippen LogP contribution in [0.2, 0.25) is 0 Å². The van der Waals surface area contributed by atoms with Gasteiger partial charge >= 0.3 is 0 Å². The molecule has 0 aliphatic rings. The second-order valence-electron chi connectivity index (χ2n) is 3.57. The normalized spacial score (nSPS) is 8.16. The van der Waals surface area contributed by atoms with Gasteiger partial charge in [-0.2, -0.15) is 0 Å². The van der Waals surface area contributed by atoms with Crippen LogP contribution < -0.4 is 5.32 Å². The zero-order valence-electron chi connectivity index (χ0n) is 11.7. The molecular formula is C15H21N3O. The first-order chi connectivity index (χ1) is 9.28. The van der Waals surface area contributed by atoms with Gasteiger partial charge in [0.2, 0.25) is 0 Å². The molecule has 0 aliphatic carbocycles. The minimum atomic E-state index is 0.479. The maximum Gasteiger partial charge on any atom is 0.168 e. The van der Waals surface area contributed by atoms with E-state index in [9.17, 15) is 4.79 Å². The summed E-state index contributed by atoms with van der Waals surface area (Å²) in [6, 6.07) is 9.04. The molecule has 0 aromatic carbocycles. The third-order valence-electron chi connectivity index (χ3n) is 1.78. The molecule has 0 atom stereocenters. The fraction of sp³-hybridized carbons (Fsp3) is 0.267. The number of hydrogen-bond donors (Lipinski definition) is 1. The van der Waals surface area contributed by atoms with E-state index in [-0.39, 0.29) is 0 Å². The summed E-state index contributed by atoms with van der Waals surface area (Å²) in [4.78, 5) is 17.5. The molecule has 2 rings (SSSR count). The molecule has 2 aromatic heterocycles. The molecule has 0 radical (unpaired) electrons. The van der Waals surface area contributed by atoms with Crippen molar-refractivity contribution in [2.75, 3.05) is 12.4 Å². The maximum absolute atomic E-state index is 9.94. The molecule has 2 heterocycles. The van der Waals surface area contributed by atoms with Crippen molar-refractivity contribution in [3.05, 3.63) is 54.6 Å². The SMILES string of the molecule is CCC.CNc1ccncc1.O=Cc1ccccn1. The van der Waals surface area contributed by atoms with Gasteiger partial charge in [-0.05, 0) is 24.3 Å². The number of hydrogen-bond acceptors (Lipinski definition) is 4. The molecule has 0 spiro atoms. The van der Waals surface area contributed by atoms with Crippen molar-refractivity contribution >= 4 is 12.0 Å².